The number of aromatic nitrogens is 3. The highest BCUT2D eigenvalue weighted by molar-refractivity contribution is 7.99. The standard InChI is InChI=1S/C21H24N4OS/c1-5-25-20(17-10-6-8-14(2)12-17)23-24-21(25)27-13-19(26)22-18-11-7-9-15(3)16(18)4/h6-12H,5,13H2,1-4H3,(H,22,26). The van der Waals surface area contributed by atoms with Crippen LogP contribution < -0.4 is 5.32 Å². The van der Waals surface area contributed by atoms with Crippen LogP contribution in [0.5, 0.6) is 0 Å². The Bertz CT molecular complexity index is 965. The van der Waals surface area contributed by atoms with Crippen molar-refractivity contribution in [2.45, 2.75) is 39.4 Å². The molecular formula is C21H24N4OS. The zero-order chi connectivity index (χ0) is 19.4. The molecule has 1 heterocycles. The summed E-state index contributed by atoms with van der Waals surface area (Å²) in [6.45, 7) is 8.92. The number of anilines is 1. The van der Waals surface area contributed by atoms with E-state index in [2.05, 4.69) is 41.5 Å². The van der Waals surface area contributed by atoms with Crippen molar-refractivity contribution in [1.82, 2.24) is 14.8 Å². The Hall–Kier alpha value is -2.60. The van der Waals surface area contributed by atoms with Crippen molar-refractivity contribution in [3.8, 4) is 11.4 Å². The number of carbonyl (C=O) groups is 1. The first kappa shape index (κ1) is 19.2. The van der Waals surface area contributed by atoms with Gasteiger partial charge in [0.05, 0.1) is 5.75 Å². The monoisotopic (exact) mass is 380 g/mol. The van der Waals surface area contributed by atoms with Crippen LogP contribution in [0.4, 0.5) is 5.69 Å². The van der Waals surface area contributed by atoms with E-state index in [4.69, 9.17) is 0 Å². The maximum atomic E-state index is 12.4. The predicted molar refractivity (Wildman–Crippen MR) is 111 cm³/mol. The summed E-state index contributed by atoms with van der Waals surface area (Å²) < 4.78 is 2.05. The van der Waals surface area contributed by atoms with E-state index in [1.54, 1.807) is 0 Å². The number of rotatable bonds is 6. The number of carbonyl (C=O) groups excluding carboxylic acids is 1. The molecule has 1 amide bonds. The van der Waals surface area contributed by atoms with Crippen LogP contribution in [-0.2, 0) is 11.3 Å². The second kappa shape index (κ2) is 8.39. The largest absolute Gasteiger partial charge is 0.325 e. The molecule has 0 atom stereocenters. The summed E-state index contributed by atoms with van der Waals surface area (Å²) in [5.74, 6) is 1.08. The minimum Gasteiger partial charge on any atom is -0.325 e. The number of hydrogen-bond acceptors (Lipinski definition) is 4. The van der Waals surface area contributed by atoms with E-state index in [1.165, 1.54) is 17.3 Å². The lowest BCUT2D eigenvalue weighted by Gasteiger charge is -2.10. The Kier molecular flexibility index (Phi) is 5.96. The second-order valence-electron chi connectivity index (χ2n) is 6.50. The molecule has 2 aromatic carbocycles. The maximum absolute atomic E-state index is 12.4. The van der Waals surface area contributed by atoms with Gasteiger partial charge in [0.2, 0.25) is 5.91 Å². The van der Waals surface area contributed by atoms with E-state index in [-0.39, 0.29) is 5.91 Å². The van der Waals surface area contributed by atoms with Crippen LogP contribution in [0, 0.1) is 20.8 Å². The molecule has 0 aliphatic heterocycles. The fraction of sp³-hybridized carbons (Fsp3) is 0.286. The van der Waals surface area contributed by atoms with Crippen LogP contribution in [0.2, 0.25) is 0 Å². The molecule has 0 bridgehead atoms. The average molecular weight is 381 g/mol. The number of aryl methyl sites for hydroxylation is 2. The lowest BCUT2D eigenvalue weighted by atomic mass is 10.1. The summed E-state index contributed by atoms with van der Waals surface area (Å²) in [5.41, 5.74) is 5.33. The summed E-state index contributed by atoms with van der Waals surface area (Å²) in [6, 6.07) is 14.1. The first-order valence-electron chi connectivity index (χ1n) is 8.98. The number of hydrogen-bond donors (Lipinski definition) is 1. The molecule has 140 valence electrons. The van der Waals surface area contributed by atoms with E-state index in [9.17, 15) is 4.79 Å². The third-order valence-electron chi connectivity index (χ3n) is 4.52. The molecule has 6 heteroatoms. The number of benzene rings is 2. The van der Waals surface area contributed by atoms with Crippen molar-refractivity contribution in [1.29, 1.82) is 0 Å². The van der Waals surface area contributed by atoms with Gasteiger partial charge in [0.15, 0.2) is 11.0 Å². The quantitative estimate of drug-likeness (QED) is 0.634. The third kappa shape index (κ3) is 4.39. The molecule has 5 nitrogen and oxygen atoms in total. The number of amides is 1. The highest BCUT2D eigenvalue weighted by atomic mass is 32.2. The van der Waals surface area contributed by atoms with Gasteiger partial charge >= 0.3 is 0 Å². The van der Waals surface area contributed by atoms with Crippen molar-refractivity contribution in [2.75, 3.05) is 11.1 Å². The predicted octanol–water partition coefficient (Wildman–Crippen LogP) is 4.62. The van der Waals surface area contributed by atoms with Gasteiger partial charge in [0.25, 0.3) is 0 Å². The molecular weight excluding hydrogens is 356 g/mol. The zero-order valence-electron chi connectivity index (χ0n) is 16.1. The van der Waals surface area contributed by atoms with Gasteiger partial charge in [-0.05, 0) is 51.0 Å². The molecule has 0 unspecified atom stereocenters. The zero-order valence-corrected chi connectivity index (χ0v) is 16.9. The van der Waals surface area contributed by atoms with Gasteiger partial charge in [-0.1, -0.05) is 47.7 Å². The fourth-order valence-electron chi connectivity index (χ4n) is 2.88. The van der Waals surface area contributed by atoms with Gasteiger partial charge < -0.3 is 9.88 Å². The summed E-state index contributed by atoms with van der Waals surface area (Å²) >= 11 is 1.41. The lowest BCUT2D eigenvalue weighted by molar-refractivity contribution is -0.113. The number of nitrogens with one attached hydrogen (secondary N) is 1. The smallest absolute Gasteiger partial charge is 0.234 e. The van der Waals surface area contributed by atoms with Gasteiger partial charge in [-0.25, -0.2) is 0 Å². The molecule has 3 aromatic rings. The first-order valence-corrected chi connectivity index (χ1v) is 9.97. The Morgan fingerprint density at radius 3 is 2.63 bits per heavy atom. The van der Waals surface area contributed by atoms with Gasteiger partial charge in [0.1, 0.15) is 0 Å². The van der Waals surface area contributed by atoms with E-state index >= 15 is 0 Å². The SMILES string of the molecule is CCn1c(SCC(=O)Nc2cccc(C)c2C)nnc1-c1cccc(C)c1. The minimum atomic E-state index is -0.0449. The average Bonchev–Trinajstić information content (AvgIpc) is 3.07. The van der Waals surface area contributed by atoms with E-state index in [1.807, 2.05) is 48.7 Å². The van der Waals surface area contributed by atoms with Gasteiger partial charge in [-0.15, -0.1) is 10.2 Å². The molecule has 0 aliphatic rings. The normalized spacial score (nSPS) is 10.8. The van der Waals surface area contributed by atoms with Crippen LogP contribution in [0.15, 0.2) is 47.6 Å². The van der Waals surface area contributed by atoms with Crippen molar-refractivity contribution >= 4 is 23.4 Å². The van der Waals surface area contributed by atoms with Crippen LogP contribution in [0.25, 0.3) is 11.4 Å². The Balaban J connectivity index is 1.71. The molecule has 0 fully saturated rings. The fourth-order valence-corrected chi connectivity index (χ4v) is 3.68. The number of thioether (sulfide) groups is 1. The number of nitrogens with zero attached hydrogens (tertiary/aromatic N) is 3. The Labute approximate surface area is 164 Å². The van der Waals surface area contributed by atoms with E-state index < -0.39 is 0 Å². The topological polar surface area (TPSA) is 59.8 Å². The first-order chi connectivity index (χ1) is 13.0. The van der Waals surface area contributed by atoms with Crippen molar-refractivity contribution in [3.63, 3.8) is 0 Å². The molecule has 0 aliphatic carbocycles. The van der Waals surface area contributed by atoms with Crippen molar-refractivity contribution in [2.24, 2.45) is 0 Å². The minimum absolute atomic E-state index is 0.0449. The molecule has 1 aromatic heterocycles. The second-order valence-corrected chi connectivity index (χ2v) is 7.45. The lowest BCUT2D eigenvalue weighted by Crippen LogP contribution is -2.15. The van der Waals surface area contributed by atoms with Gasteiger partial charge in [-0.3, -0.25) is 4.79 Å². The molecule has 0 spiro atoms. The summed E-state index contributed by atoms with van der Waals surface area (Å²) in [5, 5.41) is 12.4. The Morgan fingerprint density at radius 1 is 1.11 bits per heavy atom. The molecule has 0 saturated carbocycles. The van der Waals surface area contributed by atoms with E-state index in [0.717, 1.165) is 39.9 Å². The third-order valence-corrected chi connectivity index (χ3v) is 5.49. The molecule has 3 rings (SSSR count). The van der Waals surface area contributed by atoms with Gasteiger partial charge in [0, 0.05) is 17.8 Å². The van der Waals surface area contributed by atoms with Crippen LogP contribution in [0.1, 0.15) is 23.6 Å². The van der Waals surface area contributed by atoms with Crippen LogP contribution in [-0.4, -0.2) is 26.4 Å². The molecule has 0 saturated heterocycles. The van der Waals surface area contributed by atoms with Gasteiger partial charge in [-0.2, -0.15) is 0 Å². The van der Waals surface area contributed by atoms with Crippen molar-refractivity contribution in [3.05, 3.63) is 59.2 Å². The summed E-state index contributed by atoms with van der Waals surface area (Å²) in [7, 11) is 0. The molecule has 0 radical (unpaired) electrons. The van der Waals surface area contributed by atoms with E-state index in [0.29, 0.717) is 5.75 Å². The Morgan fingerprint density at radius 2 is 1.89 bits per heavy atom. The maximum Gasteiger partial charge on any atom is 0.234 e. The van der Waals surface area contributed by atoms with Crippen molar-refractivity contribution < 1.29 is 4.79 Å². The summed E-state index contributed by atoms with van der Waals surface area (Å²) in [4.78, 5) is 12.4. The highest BCUT2D eigenvalue weighted by Crippen LogP contribution is 2.25. The highest BCUT2D eigenvalue weighted by Gasteiger charge is 2.15. The van der Waals surface area contributed by atoms with Crippen LogP contribution >= 0.6 is 11.8 Å². The molecule has 27 heavy (non-hydrogen) atoms. The van der Waals surface area contributed by atoms with Crippen LogP contribution in [0.3, 0.4) is 0 Å². The molecule has 1 N–H and O–H groups in total. The summed E-state index contributed by atoms with van der Waals surface area (Å²) in [6.07, 6.45) is 0.